The minimum atomic E-state index is 0. The summed E-state index contributed by atoms with van der Waals surface area (Å²) in [6.45, 7) is 2.20. The molecule has 0 aliphatic heterocycles. The minimum absolute atomic E-state index is 0. The zero-order valence-corrected chi connectivity index (χ0v) is 10.5. The smallest absolute Gasteiger partial charge is 0.134 e. The molecule has 0 radical (unpaired) electrons. The molecule has 0 bridgehead atoms. The average Bonchev–Trinajstić information content (AvgIpc) is 2.72. The Bertz CT molecular complexity index is 438. The highest BCUT2D eigenvalue weighted by Gasteiger charge is 2.02. The average molecular weight is 240 g/mol. The molecule has 2 aromatic rings. The first-order valence-electron chi connectivity index (χ1n) is 5.43. The van der Waals surface area contributed by atoms with Crippen LogP contribution in [0.25, 0.3) is 11.0 Å². The molecule has 1 aromatic heterocycles. The zero-order valence-electron chi connectivity index (χ0n) is 9.69. The summed E-state index contributed by atoms with van der Waals surface area (Å²) in [6, 6.07) is 9.00. The lowest BCUT2D eigenvalue weighted by Crippen LogP contribution is -2.21. The van der Waals surface area contributed by atoms with Crippen LogP contribution in [0.1, 0.15) is 18.9 Å². The van der Waals surface area contributed by atoms with Gasteiger partial charge < -0.3 is 9.73 Å². The second kappa shape index (κ2) is 5.92. The summed E-state index contributed by atoms with van der Waals surface area (Å²) in [5.74, 6) is 0. The van der Waals surface area contributed by atoms with E-state index in [1.807, 2.05) is 13.1 Å². The first-order valence-corrected chi connectivity index (χ1v) is 5.43. The predicted molar refractivity (Wildman–Crippen MR) is 70.3 cm³/mol. The first kappa shape index (κ1) is 13.1. The number of furan rings is 1. The van der Waals surface area contributed by atoms with E-state index < -0.39 is 0 Å². The molecule has 2 nitrogen and oxygen atoms in total. The van der Waals surface area contributed by atoms with Crippen LogP contribution < -0.4 is 5.32 Å². The number of rotatable bonds is 4. The van der Waals surface area contributed by atoms with Gasteiger partial charge >= 0.3 is 0 Å². The van der Waals surface area contributed by atoms with Crippen molar-refractivity contribution in [2.75, 3.05) is 7.05 Å². The Hall–Kier alpha value is -0.990. The highest BCUT2D eigenvalue weighted by Crippen LogP contribution is 2.18. The van der Waals surface area contributed by atoms with E-state index >= 15 is 0 Å². The lowest BCUT2D eigenvalue weighted by Gasteiger charge is -2.09. The van der Waals surface area contributed by atoms with Gasteiger partial charge in [0.05, 0.1) is 6.26 Å². The molecule has 0 amide bonds. The second-order valence-electron chi connectivity index (χ2n) is 4.02. The van der Waals surface area contributed by atoms with Gasteiger partial charge in [-0.25, -0.2) is 0 Å². The van der Waals surface area contributed by atoms with Gasteiger partial charge in [0.25, 0.3) is 0 Å². The third kappa shape index (κ3) is 3.00. The predicted octanol–water partition coefficient (Wildman–Crippen LogP) is 3.40. The van der Waals surface area contributed by atoms with Gasteiger partial charge in [0.15, 0.2) is 0 Å². The number of halogens is 1. The van der Waals surface area contributed by atoms with Crippen LogP contribution in [0.4, 0.5) is 0 Å². The topological polar surface area (TPSA) is 25.2 Å². The monoisotopic (exact) mass is 239 g/mol. The molecule has 88 valence electrons. The Labute approximate surface area is 102 Å². The number of benzene rings is 1. The van der Waals surface area contributed by atoms with Crippen LogP contribution in [0.5, 0.6) is 0 Å². The highest BCUT2D eigenvalue weighted by atomic mass is 35.5. The summed E-state index contributed by atoms with van der Waals surface area (Å²) < 4.78 is 5.38. The Morgan fingerprint density at radius 1 is 1.31 bits per heavy atom. The van der Waals surface area contributed by atoms with E-state index in [9.17, 15) is 0 Å². The summed E-state index contributed by atoms with van der Waals surface area (Å²) in [4.78, 5) is 0. The van der Waals surface area contributed by atoms with Crippen LogP contribution in [0.2, 0.25) is 0 Å². The Kier molecular flexibility index (Phi) is 4.84. The minimum Gasteiger partial charge on any atom is -0.464 e. The summed E-state index contributed by atoms with van der Waals surface area (Å²) >= 11 is 0. The molecule has 16 heavy (non-hydrogen) atoms. The largest absolute Gasteiger partial charge is 0.464 e. The molecule has 0 saturated heterocycles. The van der Waals surface area contributed by atoms with Crippen molar-refractivity contribution in [3.63, 3.8) is 0 Å². The van der Waals surface area contributed by atoms with E-state index in [1.165, 1.54) is 10.9 Å². The summed E-state index contributed by atoms with van der Waals surface area (Å²) in [5.41, 5.74) is 2.34. The fraction of sp³-hybridized carbons (Fsp3) is 0.385. The van der Waals surface area contributed by atoms with Gasteiger partial charge in [-0.15, -0.1) is 12.4 Å². The lowest BCUT2D eigenvalue weighted by molar-refractivity contribution is 0.564. The van der Waals surface area contributed by atoms with Crippen LogP contribution in [0, 0.1) is 0 Å². The molecule has 0 unspecified atom stereocenters. The van der Waals surface area contributed by atoms with Crippen molar-refractivity contribution in [2.24, 2.45) is 0 Å². The third-order valence-electron chi connectivity index (χ3n) is 2.88. The van der Waals surface area contributed by atoms with E-state index in [4.69, 9.17) is 4.42 Å². The molecule has 0 saturated carbocycles. The maximum absolute atomic E-state index is 5.38. The highest BCUT2D eigenvalue weighted by molar-refractivity contribution is 5.85. The van der Waals surface area contributed by atoms with Gasteiger partial charge in [0, 0.05) is 11.4 Å². The van der Waals surface area contributed by atoms with Crippen LogP contribution in [0.3, 0.4) is 0 Å². The number of fused-ring (bicyclic) bond motifs is 1. The number of hydrogen-bond donors (Lipinski definition) is 1. The van der Waals surface area contributed by atoms with Gasteiger partial charge in [0.2, 0.25) is 0 Å². The summed E-state index contributed by atoms with van der Waals surface area (Å²) in [7, 11) is 2.00. The van der Waals surface area contributed by atoms with Gasteiger partial charge in [0.1, 0.15) is 5.58 Å². The van der Waals surface area contributed by atoms with E-state index in [0.29, 0.717) is 6.04 Å². The fourth-order valence-electron chi connectivity index (χ4n) is 1.68. The normalized spacial score (nSPS) is 12.4. The lowest BCUT2D eigenvalue weighted by atomic mass is 10.1. The van der Waals surface area contributed by atoms with Crippen molar-refractivity contribution < 1.29 is 4.42 Å². The third-order valence-corrected chi connectivity index (χ3v) is 2.88. The van der Waals surface area contributed by atoms with Crippen molar-refractivity contribution in [3.8, 4) is 0 Å². The summed E-state index contributed by atoms with van der Waals surface area (Å²) in [6.07, 6.45) is 3.99. The molecule has 1 atom stereocenters. The van der Waals surface area contributed by atoms with Gasteiger partial charge in [-0.05, 0) is 44.5 Å². The summed E-state index contributed by atoms with van der Waals surface area (Å²) in [5, 5.41) is 4.42. The molecule has 1 heterocycles. The molecule has 0 spiro atoms. The molecular weight excluding hydrogens is 222 g/mol. The molecular formula is C13H18ClNO. The molecule has 1 N–H and O–H groups in total. The standard InChI is InChI=1S/C13H17NO.ClH/c1-10(14-2)3-4-11-5-6-12-7-8-15-13(12)9-11;/h5-10,14H,3-4H2,1-2H3;1H/t10-;/m1./s1. The maximum Gasteiger partial charge on any atom is 0.134 e. The van der Waals surface area contributed by atoms with Gasteiger partial charge in [-0.3, -0.25) is 0 Å². The molecule has 0 aliphatic rings. The van der Waals surface area contributed by atoms with Gasteiger partial charge in [-0.2, -0.15) is 0 Å². The Morgan fingerprint density at radius 3 is 2.88 bits per heavy atom. The van der Waals surface area contributed by atoms with E-state index in [1.54, 1.807) is 6.26 Å². The Morgan fingerprint density at radius 2 is 2.12 bits per heavy atom. The van der Waals surface area contributed by atoms with Crippen molar-refractivity contribution in [3.05, 3.63) is 36.1 Å². The van der Waals surface area contributed by atoms with E-state index in [2.05, 4.69) is 30.4 Å². The van der Waals surface area contributed by atoms with Crippen molar-refractivity contribution in [1.29, 1.82) is 0 Å². The quantitative estimate of drug-likeness (QED) is 0.885. The van der Waals surface area contributed by atoms with Crippen molar-refractivity contribution in [2.45, 2.75) is 25.8 Å². The maximum atomic E-state index is 5.38. The van der Waals surface area contributed by atoms with Gasteiger partial charge in [-0.1, -0.05) is 12.1 Å². The molecule has 2 rings (SSSR count). The van der Waals surface area contributed by atoms with Crippen molar-refractivity contribution in [1.82, 2.24) is 5.32 Å². The molecule has 3 heteroatoms. The molecule has 1 aromatic carbocycles. The molecule has 0 aliphatic carbocycles. The fourth-order valence-corrected chi connectivity index (χ4v) is 1.68. The van der Waals surface area contributed by atoms with Crippen LogP contribution in [-0.2, 0) is 6.42 Å². The first-order chi connectivity index (χ1) is 7.29. The zero-order chi connectivity index (χ0) is 10.7. The number of hydrogen-bond acceptors (Lipinski definition) is 2. The van der Waals surface area contributed by atoms with Crippen LogP contribution in [0.15, 0.2) is 34.9 Å². The van der Waals surface area contributed by atoms with Crippen LogP contribution in [-0.4, -0.2) is 13.1 Å². The number of nitrogens with one attached hydrogen (secondary N) is 1. The SMILES string of the molecule is CN[C@H](C)CCc1ccc2ccoc2c1.Cl. The van der Waals surface area contributed by atoms with Crippen molar-refractivity contribution >= 4 is 23.4 Å². The second-order valence-corrected chi connectivity index (χ2v) is 4.02. The number of aryl methyl sites for hydroxylation is 1. The Balaban J connectivity index is 0.00000128. The van der Waals surface area contributed by atoms with Crippen LogP contribution >= 0.6 is 12.4 Å². The molecule has 0 fully saturated rings. The van der Waals surface area contributed by atoms with E-state index in [-0.39, 0.29) is 12.4 Å². The van der Waals surface area contributed by atoms with E-state index in [0.717, 1.165) is 18.4 Å².